The highest BCUT2D eigenvalue weighted by Crippen LogP contribution is 2.28. The van der Waals surface area contributed by atoms with Crippen molar-refractivity contribution in [3.63, 3.8) is 0 Å². The zero-order valence-corrected chi connectivity index (χ0v) is 13.9. The van der Waals surface area contributed by atoms with Crippen LogP contribution in [0.1, 0.15) is 44.1 Å². The molecular weight excluding hydrogens is 288 g/mol. The van der Waals surface area contributed by atoms with Crippen molar-refractivity contribution in [1.82, 2.24) is 10.3 Å². The molecule has 1 amide bonds. The fourth-order valence-electron chi connectivity index (χ4n) is 3.55. The zero-order valence-electron chi connectivity index (χ0n) is 13.9. The lowest BCUT2D eigenvalue weighted by atomic mass is 10.0. The molecular formula is C19H26N2O2. The van der Waals surface area contributed by atoms with E-state index < -0.39 is 0 Å². The number of H-pyrrole nitrogens is 1. The minimum absolute atomic E-state index is 0.189. The molecule has 0 spiro atoms. The molecule has 0 aliphatic heterocycles. The third kappa shape index (κ3) is 4.06. The van der Waals surface area contributed by atoms with Crippen molar-refractivity contribution in [3.05, 3.63) is 30.0 Å². The Bertz CT molecular complexity index is 656. The number of nitrogens with one attached hydrogen (secondary N) is 2. The van der Waals surface area contributed by atoms with Crippen molar-refractivity contribution >= 4 is 16.8 Å². The summed E-state index contributed by atoms with van der Waals surface area (Å²) in [6.45, 7) is 0.688. The number of carbonyl (C=O) groups excluding carboxylic acids is 1. The van der Waals surface area contributed by atoms with E-state index in [-0.39, 0.29) is 5.91 Å². The third-order valence-electron chi connectivity index (χ3n) is 4.95. The molecule has 0 saturated heterocycles. The molecule has 1 fully saturated rings. The number of aromatic amines is 1. The van der Waals surface area contributed by atoms with Crippen LogP contribution in [0.2, 0.25) is 0 Å². The first-order chi connectivity index (χ1) is 11.3. The van der Waals surface area contributed by atoms with Gasteiger partial charge in [-0.1, -0.05) is 25.7 Å². The van der Waals surface area contributed by atoms with Crippen LogP contribution in [0.15, 0.2) is 24.4 Å². The molecule has 23 heavy (non-hydrogen) atoms. The van der Waals surface area contributed by atoms with E-state index in [1.807, 2.05) is 24.4 Å². The van der Waals surface area contributed by atoms with Crippen LogP contribution in [0.5, 0.6) is 5.75 Å². The molecule has 0 bridgehead atoms. The van der Waals surface area contributed by atoms with Gasteiger partial charge in [-0.2, -0.15) is 0 Å². The maximum Gasteiger partial charge on any atom is 0.220 e. The number of rotatable bonds is 7. The fraction of sp³-hybridized carbons (Fsp3) is 0.526. The predicted octanol–water partition coefficient (Wildman–Crippen LogP) is 3.81. The quantitative estimate of drug-likeness (QED) is 0.816. The lowest BCUT2D eigenvalue weighted by Gasteiger charge is -2.09. The van der Waals surface area contributed by atoms with Gasteiger partial charge in [0.15, 0.2) is 0 Å². The van der Waals surface area contributed by atoms with E-state index in [0.29, 0.717) is 13.0 Å². The van der Waals surface area contributed by atoms with Gasteiger partial charge >= 0.3 is 0 Å². The van der Waals surface area contributed by atoms with Crippen LogP contribution >= 0.6 is 0 Å². The number of methoxy groups -OCH3 is 1. The van der Waals surface area contributed by atoms with E-state index in [2.05, 4.69) is 10.3 Å². The molecule has 1 aromatic heterocycles. The summed E-state index contributed by atoms with van der Waals surface area (Å²) in [7, 11) is 1.68. The van der Waals surface area contributed by atoms with E-state index in [1.54, 1.807) is 7.11 Å². The highest BCUT2D eigenvalue weighted by atomic mass is 16.5. The van der Waals surface area contributed by atoms with Gasteiger partial charge in [0, 0.05) is 30.1 Å². The number of aromatic nitrogens is 1. The normalized spacial score (nSPS) is 15.2. The van der Waals surface area contributed by atoms with E-state index in [0.717, 1.165) is 30.0 Å². The first kappa shape index (κ1) is 15.9. The van der Waals surface area contributed by atoms with Crippen LogP contribution in [-0.4, -0.2) is 24.5 Å². The lowest BCUT2D eigenvalue weighted by molar-refractivity contribution is -0.121. The number of ether oxygens (including phenoxy) is 1. The van der Waals surface area contributed by atoms with Crippen LogP contribution in [0.4, 0.5) is 0 Å². The Hall–Kier alpha value is -1.97. The summed E-state index contributed by atoms with van der Waals surface area (Å²) in [6.07, 6.45) is 9.89. The first-order valence-electron chi connectivity index (χ1n) is 8.67. The van der Waals surface area contributed by atoms with Gasteiger partial charge in [-0.3, -0.25) is 4.79 Å². The van der Waals surface area contributed by atoms with Crippen LogP contribution < -0.4 is 10.1 Å². The second kappa shape index (κ2) is 7.53. The summed E-state index contributed by atoms with van der Waals surface area (Å²) in [5.74, 6) is 1.83. The summed E-state index contributed by atoms with van der Waals surface area (Å²) in [5, 5.41) is 4.23. The van der Waals surface area contributed by atoms with Crippen LogP contribution in [0.3, 0.4) is 0 Å². The molecule has 1 aliphatic carbocycles. The van der Waals surface area contributed by atoms with Gasteiger partial charge in [0.25, 0.3) is 0 Å². The largest absolute Gasteiger partial charge is 0.497 e. The summed E-state index contributed by atoms with van der Waals surface area (Å²) in [4.78, 5) is 15.2. The van der Waals surface area contributed by atoms with Crippen LogP contribution in [0, 0.1) is 5.92 Å². The highest BCUT2D eigenvalue weighted by Gasteiger charge is 2.16. The average molecular weight is 314 g/mol. The Morgan fingerprint density at radius 1 is 1.35 bits per heavy atom. The van der Waals surface area contributed by atoms with E-state index in [4.69, 9.17) is 4.74 Å². The monoisotopic (exact) mass is 314 g/mol. The second-order valence-electron chi connectivity index (χ2n) is 6.51. The molecule has 1 aliphatic rings. The summed E-state index contributed by atoms with van der Waals surface area (Å²) < 4.78 is 5.29. The Morgan fingerprint density at radius 2 is 2.17 bits per heavy atom. The standard InChI is InChI=1S/C19H26N2O2/c1-23-16-7-8-18-17(12-16)15(13-21-18)10-11-20-19(22)9-6-14-4-2-3-5-14/h7-8,12-14,21H,2-6,9-11H2,1H3,(H,20,22). The topological polar surface area (TPSA) is 54.1 Å². The van der Waals surface area contributed by atoms with Gasteiger partial charge in [0.05, 0.1) is 7.11 Å². The van der Waals surface area contributed by atoms with Crippen molar-refractivity contribution in [2.45, 2.75) is 44.9 Å². The number of fused-ring (bicyclic) bond motifs is 1. The van der Waals surface area contributed by atoms with Gasteiger partial charge in [-0.15, -0.1) is 0 Å². The summed E-state index contributed by atoms with van der Waals surface area (Å²) >= 11 is 0. The minimum Gasteiger partial charge on any atom is -0.497 e. The predicted molar refractivity (Wildman–Crippen MR) is 92.8 cm³/mol. The smallest absolute Gasteiger partial charge is 0.220 e. The van der Waals surface area contributed by atoms with Crippen molar-refractivity contribution in [2.24, 2.45) is 5.92 Å². The summed E-state index contributed by atoms with van der Waals surface area (Å²) in [5.41, 5.74) is 2.32. The Labute approximate surface area is 137 Å². The van der Waals surface area contributed by atoms with E-state index in [1.165, 1.54) is 36.6 Å². The number of amides is 1. The zero-order chi connectivity index (χ0) is 16.1. The number of hydrogen-bond donors (Lipinski definition) is 2. The summed E-state index contributed by atoms with van der Waals surface area (Å²) in [6, 6.07) is 6.02. The Morgan fingerprint density at radius 3 is 2.96 bits per heavy atom. The number of hydrogen-bond acceptors (Lipinski definition) is 2. The van der Waals surface area contributed by atoms with Crippen molar-refractivity contribution in [2.75, 3.05) is 13.7 Å². The molecule has 3 rings (SSSR count). The third-order valence-corrected chi connectivity index (χ3v) is 4.95. The van der Waals surface area contributed by atoms with Gasteiger partial charge in [-0.05, 0) is 42.5 Å². The molecule has 4 heteroatoms. The second-order valence-corrected chi connectivity index (χ2v) is 6.51. The number of carbonyl (C=O) groups is 1. The van der Waals surface area contributed by atoms with Crippen LogP contribution in [-0.2, 0) is 11.2 Å². The van der Waals surface area contributed by atoms with Gasteiger partial charge in [0.2, 0.25) is 5.91 Å². The minimum atomic E-state index is 0.189. The van der Waals surface area contributed by atoms with Crippen molar-refractivity contribution < 1.29 is 9.53 Å². The molecule has 0 radical (unpaired) electrons. The maximum atomic E-state index is 12.0. The SMILES string of the molecule is COc1ccc2[nH]cc(CCNC(=O)CCC3CCCC3)c2c1. The maximum absolute atomic E-state index is 12.0. The molecule has 4 nitrogen and oxygen atoms in total. The van der Waals surface area contributed by atoms with E-state index in [9.17, 15) is 4.79 Å². The van der Waals surface area contributed by atoms with Crippen molar-refractivity contribution in [3.8, 4) is 5.75 Å². The molecule has 2 N–H and O–H groups in total. The number of benzene rings is 1. The molecule has 2 aromatic rings. The molecule has 124 valence electrons. The average Bonchev–Trinajstić information content (AvgIpc) is 3.22. The van der Waals surface area contributed by atoms with E-state index >= 15 is 0 Å². The fourth-order valence-corrected chi connectivity index (χ4v) is 3.55. The molecule has 1 saturated carbocycles. The van der Waals surface area contributed by atoms with Gasteiger partial charge in [-0.25, -0.2) is 0 Å². The van der Waals surface area contributed by atoms with Gasteiger partial charge in [0.1, 0.15) is 5.75 Å². The molecule has 1 heterocycles. The Kier molecular flexibility index (Phi) is 5.21. The Balaban J connectivity index is 1.47. The van der Waals surface area contributed by atoms with Crippen LogP contribution in [0.25, 0.3) is 10.9 Å². The molecule has 0 atom stereocenters. The first-order valence-corrected chi connectivity index (χ1v) is 8.67. The molecule has 1 aromatic carbocycles. The highest BCUT2D eigenvalue weighted by molar-refractivity contribution is 5.84. The van der Waals surface area contributed by atoms with Gasteiger partial charge < -0.3 is 15.0 Å². The van der Waals surface area contributed by atoms with Crippen molar-refractivity contribution in [1.29, 1.82) is 0 Å². The lowest BCUT2D eigenvalue weighted by Crippen LogP contribution is -2.25. The molecule has 0 unspecified atom stereocenters.